The minimum absolute atomic E-state index is 0.125. The zero-order chi connectivity index (χ0) is 15.6. The largest absolute Gasteiger partial charge is 0.416 e. The number of rotatable bonds is 3. The van der Waals surface area contributed by atoms with Gasteiger partial charge in [0.25, 0.3) is 0 Å². The molecule has 0 spiro atoms. The number of anilines is 3. The average Bonchev–Trinajstić information content (AvgIpc) is 2.42. The van der Waals surface area contributed by atoms with Crippen molar-refractivity contribution in [1.82, 2.24) is 4.98 Å². The van der Waals surface area contributed by atoms with E-state index in [1.54, 1.807) is 6.07 Å². The third-order valence-electron chi connectivity index (χ3n) is 2.86. The molecule has 2 aromatic rings. The summed E-state index contributed by atoms with van der Waals surface area (Å²) in [5.74, 6) is 0.275. The van der Waals surface area contributed by atoms with Crippen LogP contribution >= 0.6 is 15.9 Å². The van der Waals surface area contributed by atoms with Crippen LogP contribution in [0, 0.1) is 6.92 Å². The van der Waals surface area contributed by atoms with Crippen molar-refractivity contribution in [1.29, 1.82) is 0 Å². The van der Waals surface area contributed by atoms with Gasteiger partial charge in [-0.05, 0) is 46.6 Å². The molecule has 0 aliphatic carbocycles. The van der Waals surface area contributed by atoms with Gasteiger partial charge in [0.05, 0.1) is 11.3 Å². The molecule has 0 unspecified atom stereocenters. The van der Waals surface area contributed by atoms with Crippen molar-refractivity contribution in [2.75, 3.05) is 17.7 Å². The second kappa shape index (κ2) is 5.93. The van der Waals surface area contributed by atoms with E-state index in [1.807, 2.05) is 19.1 Å². The van der Waals surface area contributed by atoms with Gasteiger partial charge < -0.3 is 10.6 Å². The average molecular weight is 360 g/mol. The van der Waals surface area contributed by atoms with Gasteiger partial charge in [-0.1, -0.05) is 12.1 Å². The summed E-state index contributed by atoms with van der Waals surface area (Å²) in [5.41, 5.74) is 0.873. The Balaban J connectivity index is 2.42. The van der Waals surface area contributed by atoms with E-state index in [2.05, 4.69) is 31.5 Å². The van der Waals surface area contributed by atoms with Crippen LogP contribution in [0.5, 0.6) is 0 Å². The number of pyridine rings is 1. The van der Waals surface area contributed by atoms with Crippen molar-refractivity contribution in [3.8, 4) is 0 Å². The fourth-order valence-electron chi connectivity index (χ4n) is 1.77. The molecule has 0 radical (unpaired) electrons. The van der Waals surface area contributed by atoms with Crippen molar-refractivity contribution in [3.63, 3.8) is 0 Å². The Morgan fingerprint density at radius 2 is 1.81 bits per heavy atom. The van der Waals surface area contributed by atoms with Crippen LogP contribution in [0.1, 0.15) is 11.1 Å². The maximum Gasteiger partial charge on any atom is 0.416 e. The first-order chi connectivity index (χ1) is 9.81. The molecule has 3 nitrogen and oxygen atoms in total. The van der Waals surface area contributed by atoms with E-state index in [1.165, 1.54) is 7.05 Å². The van der Waals surface area contributed by atoms with Gasteiger partial charge in [0.1, 0.15) is 11.6 Å². The smallest absolute Gasteiger partial charge is 0.373 e. The maximum absolute atomic E-state index is 12.9. The Morgan fingerprint density at radius 3 is 2.43 bits per heavy atom. The number of halogens is 4. The number of hydrogen-bond donors (Lipinski definition) is 2. The highest BCUT2D eigenvalue weighted by atomic mass is 79.9. The van der Waals surface area contributed by atoms with Crippen LogP contribution in [0.4, 0.5) is 30.5 Å². The zero-order valence-corrected chi connectivity index (χ0v) is 12.9. The second-order valence-electron chi connectivity index (χ2n) is 4.44. The molecular weight excluding hydrogens is 347 g/mol. The first kappa shape index (κ1) is 15.6. The van der Waals surface area contributed by atoms with Gasteiger partial charge in [0.15, 0.2) is 0 Å². The van der Waals surface area contributed by atoms with Crippen molar-refractivity contribution in [2.24, 2.45) is 0 Å². The van der Waals surface area contributed by atoms with Gasteiger partial charge in [0, 0.05) is 11.5 Å². The quantitative estimate of drug-likeness (QED) is 0.813. The van der Waals surface area contributed by atoms with Crippen molar-refractivity contribution in [3.05, 3.63) is 45.9 Å². The molecule has 0 aliphatic rings. The number of nitrogens with zero attached hydrogens (tertiary/aromatic N) is 1. The van der Waals surface area contributed by atoms with Crippen LogP contribution in [-0.4, -0.2) is 12.0 Å². The Bertz CT molecular complexity index is 656. The minimum atomic E-state index is -4.42. The predicted octanol–water partition coefficient (Wildman–Crippen LogP) is 4.96. The Morgan fingerprint density at radius 1 is 1.14 bits per heavy atom. The zero-order valence-electron chi connectivity index (χ0n) is 11.3. The Labute approximate surface area is 128 Å². The maximum atomic E-state index is 12.9. The normalized spacial score (nSPS) is 11.3. The SMILES string of the molecule is CNc1cc(C(F)(F)F)cc(Nc2cccc(C)c2Br)n1. The molecule has 1 heterocycles. The summed E-state index contributed by atoms with van der Waals surface area (Å²) >= 11 is 3.40. The molecule has 1 aromatic heterocycles. The first-order valence-corrected chi connectivity index (χ1v) is 6.89. The lowest BCUT2D eigenvalue weighted by Crippen LogP contribution is -2.08. The Kier molecular flexibility index (Phi) is 4.41. The van der Waals surface area contributed by atoms with Crippen molar-refractivity contribution >= 4 is 33.3 Å². The van der Waals surface area contributed by atoms with E-state index in [4.69, 9.17) is 0 Å². The van der Waals surface area contributed by atoms with Crippen LogP contribution in [0.2, 0.25) is 0 Å². The molecule has 2 rings (SSSR count). The van der Waals surface area contributed by atoms with E-state index in [-0.39, 0.29) is 11.6 Å². The molecular formula is C14H13BrF3N3. The lowest BCUT2D eigenvalue weighted by Gasteiger charge is -2.14. The van der Waals surface area contributed by atoms with Crippen molar-refractivity contribution in [2.45, 2.75) is 13.1 Å². The number of hydrogen-bond acceptors (Lipinski definition) is 3. The van der Waals surface area contributed by atoms with Gasteiger partial charge in [0.2, 0.25) is 0 Å². The van der Waals surface area contributed by atoms with Crippen LogP contribution in [-0.2, 0) is 6.18 Å². The van der Waals surface area contributed by atoms with E-state index < -0.39 is 11.7 Å². The van der Waals surface area contributed by atoms with E-state index >= 15 is 0 Å². The van der Waals surface area contributed by atoms with Gasteiger partial charge in [-0.25, -0.2) is 4.98 Å². The Hall–Kier alpha value is -1.76. The number of aryl methyl sites for hydroxylation is 1. The van der Waals surface area contributed by atoms with E-state index in [0.29, 0.717) is 5.69 Å². The fourth-order valence-corrected chi connectivity index (χ4v) is 2.13. The number of alkyl halides is 3. The molecule has 0 atom stereocenters. The van der Waals surface area contributed by atoms with Crippen LogP contribution in [0.25, 0.3) is 0 Å². The summed E-state index contributed by atoms with van der Waals surface area (Å²) in [6.07, 6.45) is -4.42. The molecule has 1 aromatic carbocycles. The highest BCUT2D eigenvalue weighted by Crippen LogP contribution is 2.34. The molecule has 2 N–H and O–H groups in total. The lowest BCUT2D eigenvalue weighted by atomic mass is 10.2. The molecule has 7 heteroatoms. The highest BCUT2D eigenvalue weighted by molar-refractivity contribution is 9.10. The van der Waals surface area contributed by atoms with Crippen LogP contribution < -0.4 is 10.6 Å². The topological polar surface area (TPSA) is 37.0 Å². The molecule has 0 saturated carbocycles. The molecule has 0 fully saturated rings. The van der Waals surface area contributed by atoms with E-state index in [9.17, 15) is 13.2 Å². The third kappa shape index (κ3) is 3.66. The molecule has 112 valence electrons. The van der Waals surface area contributed by atoms with Crippen LogP contribution in [0.3, 0.4) is 0 Å². The third-order valence-corrected chi connectivity index (χ3v) is 3.92. The van der Waals surface area contributed by atoms with Gasteiger partial charge >= 0.3 is 6.18 Å². The number of benzene rings is 1. The monoisotopic (exact) mass is 359 g/mol. The molecule has 0 saturated heterocycles. The summed E-state index contributed by atoms with van der Waals surface area (Å²) in [5, 5.41) is 5.53. The second-order valence-corrected chi connectivity index (χ2v) is 5.23. The van der Waals surface area contributed by atoms with E-state index in [0.717, 1.165) is 22.2 Å². The molecule has 21 heavy (non-hydrogen) atoms. The minimum Gasteiger partial charge on any atom is -0.373 e. The fraction of sp³-hybridized carbons (Fsp3) is 0.214. The summed E-state index contributed by atoms with van der Waals surface area (Å²) in [6, 6.07) is 7.42. The van der Waals surface area contributed by atoms with Crippen molar-refractivity contribution < 1.29 is 13.2 Å². The summed E-state index contributed by atoms with van der Waals surface area (Å²) < 4.78 is 39.4. The summed E-state index contributed by atoms with van der Waals surface area (Å²) in [4.78, 5) is 4.09. The summed E-state index contributed by atoms with van der Waals surface area (Å²) in [6.45, 7) is 1.90. The standard InChI is InChI=1S/C14H13BrF3N3/c1-8-4-3-5-10(13(8)15)20-12-7-9(14(16,17)18)6-11(19-2)21-12/h3-7H,1-2H3,(H2,19,20,21). The van der Waals surface area contributed by atoms with Gasteiger partial charge in [-0.15, -0.1) is 0 Å². The predicted molar refractivity (Wildman–Crippen MR) is 80.9 cm³/mol. The lowest BCUT2D eigenvalue weighted by molar-refractivity contribution is -0.137. The summed E-state index contributed by atoms with van der Waals surface area (Å²) in [7, 11) is 1.52. The van der Waals surface area contributed by atoms with Gasteiger partial charge in [-0.3, -0.25) is 0 Å². The molecule has 0 bridgehead atoms. The molecule has 0 aliphatic heterocycles. The van der Waals surface area contributed by atoms with Crippen LogP contribution in [0.15, 0.2) is 34.8 Å². The van der Waals surface area contributed by atoms with Gasteiger partial charge in [-0.2, -0.15) is 13.2 Å². The number of nitrogens with one attached hydrogen (secondary N) is 2. The number of aromatic nitrogens is 1. The highest BCUT2D eigenvalue weighted by Gasteiger charge is 2.31. The first-order valence-electron chi connectivity index (χ1n) is 6.10. The molecule has 0 amide bonds.